The number of rotatable bonds is 19. The second-order valence-electron chi connectivity index (χ2n) is 7.38. The second-order valence-corrected chi connectivity index (χ2v) is 15.3. The van der Waals surface area contributed by atoms with Crippen LogP contribution in [0.3, 0.4) is 0 Å². The SMILES string of the molecule is CCO[Si](CCCN(CCN(CC)CC)[Si](CC)(CC)CC)(OCC)OCC. The Balaban J connectivity index is 5.19. The third-order valence-electron chi connectivity index (χ3n) is 6.23. The summed E-state index contributed by atoms with van der Waals surface area (Å²) >= 11 is 0. The number of hydrogen-bond donors (Lipinski definition) is 0. The van der Waals surface area contributed by atoms with Crippen molar-refractivity contribution in [2.75, 3.05) is 52.5 Å². The Labute approximate surface area is 178 Å². The smallest absolute Gasteiger partial charge is 0.374 e. The molecule has 0 rings (SSSR count). The van der Waals surface area contributed by atoms with E-state index in [9.17, 15) is 0 Å². The Morgan fingerprint density at radius 1 is 0.607 bits per heavy atom. The molecule has 0 aromatic carbocycles. The van der Waals surface area contributed by atoms with Crippen LogP contribution in [0.15, 0.2) is 0 Å². The molecule has 28 heavy (non-hydrogen) atoms. The zero-order valence-corrected chi connectivity index (χ0v) is 22.3. The van der Waals surface area contributed by atoms with Gasteiger partial charge in [0.1, 0.15) is 8.24 Å². The molecular formula is C21H50N2O3Si2. The molecule has 170 valence electrons. The Kier molecular flexibility index (Phi) is 16.1. The molecule has 0 saturated heterocycles. The normalized spacial score (nSPS) is 13.1. The van der Waals surface area contributed by atoms with E-state index in [-0.39, 0.29) is 0 Å². The van der Waals surface area contributed by atoms with Crippen molar-refractivity contribution in [2.24, 2.45) is 0 Å². The van der Waals surface area contributed by atoms with Crippen molar-refractivity contribution in [3.8, 4) is 0 Å². The quantitative estimate of drug-likeness (QED) is 0.265. The molecule has 0 saturated carbocycles. The van der Waals surface area contributed by atoms with Gasteiger partial charge in [-0.05, 0) is 65.0 Å². The van der Waals surface area contributed by atoms with E-state index in [0.717, 1.165) is 32.1 Å². The topological polar surface area (TPSA) is 34.2 Å². The Morgan fingerprint density at radius 2 is 1.07 bits per heavy atom. The van der Waals surface area contributed by atoms with Gasteiger partial charge in [0.05, 0.1) is 0 Å². The molecule has 0 radical (unpaired) electrons. The molecule has 0 aromatic heterocycles. The summed E-state index contributed by atoms with van der Waals surface area (Å²) in [4.78, 5) is 2.55. The molecule has 0 bridgehead atoms. The third-order valence-corrected chi connectivity index (χ3v) is 15.1. The first-order valence-electron chi connectivity index (χ1n) is 11.9. The monoisotopic (exact) mass is 434 g/mol. The van der Waals surface area contributed by atoms with Crippen LogP contribution in [0.2, 0.25) is 24.2 Å². The summed E-state index contributed by atoms with van der Waals surface area (Å²) in [7, 11) is -3.92. The largest absolute Gasteiger partial charge is 0.500 e. The van der Waals surface area contributed by atoms with Gasteiger partial charge in [0.15, 0.2) is 0 Å². The van der Waals surface area contributed by atoms with Gasteiger partial charge in [0, 0.05) is 39.0 Å². The van der Waals surface area contributed by atoms with E-state index < -0.39 is 17.0 Å². The van der Waals surface area contributed by atoms with Crippen molar-refractivity contribution in [1.82, 2.24) is 9.47 Å². The molecule has 0 aliphatic carbocycles. The second kappa shape index (κ2) is 16.0. The van der Waals surface area contributed by atoms with Gasteiger partial charge in [-0.2, -0.15) is 0 Å². The van der Waals surface area contributed by atoms with E-state index in [1.54, 1.807) is 0 Å². The fourth-order valence-electron chi connectivity index (χ4n) is 4.30. The maximum Gasteiger partial charge on any atom is 0.500 e. The first kappa shape index (κ1) is 28.2. The van der Waals surface area contributed by atoms with Gasteiger partial charge < -0.3 is 22.7 Å². The minimum absolute atomic E-state index is 0.662. The van der Waals surface area contributed by atoms with Crippen molar-refractivity contribution in [2.45, 2.75) is 86.0 Å². The fourth-order valence-corrected chi connectivity index (χ4v) is 10.9. The molecule has 0 spiro atoms. The highest BCUT2D eigenvalue weighted by molar-refractivity contribution is 6.77. The van der Waals surface area contributed by atoms with Crippen molar-refractivity contribution in [3.63, 3.8) is 0 Å². The average Bonchev–Trinajstić information content (AvgIpc) is 2.70. The highest BCUT2D eigenvalue weighted by atomic mass is 28.4. The third kappa shape index (κ3) is 8.94. The molecule has 5 nitrogen and oxygen atoms in total. The molecule has 0 fully saturated rings. The number of likely N-dealkylation sites (N-methyl/N-ethyl adjacent to an activating group) is 1. The molecule has 0 aliphatic rings. The summed E-state index contributed by atoms with van der Waals surface area (Å²) in [6.07, 6.45) is 1.10. The Hall–Kier alpha value is 0.234. The van der Waals surface area contributed by atoms with Gasteiger partial charge in [-0.15, -0.1) is 0 Å². The highest BCUT2D eigenvalue weighted by Gasteiger charge is 2.41. The lowest BCUT2D eigenvalue weighted by atomic mass is 10.4. The van der Waals surface area contributed by atoms with Crippen LogP contribution in [0.1, 0.15) is 61.8 Å². The van der Waals surface area contributed by atoms with Gasteiger partial charge in [0.2, 0.25) is 0 Å². The molecule has 7 heteroatoms. The fraction of sp³-hybridized carbons (Fsp3) is 1.00. The summed E-state index contributed by atoms with van der Waals surface area (Å²) in [5, 5.41) is 0. The van der Waals surface area contributed by atoms with Crippen molar-refractivity contribution in [3.05, 3.63) is 0 Å². The summed E-state index contributed by atoms with van der Waals surface area (Å²) in [6, 6.07) is 4.93. The summed E-state index contributed by atoms with van der Waals surface area (Å²) < 4.78 is 21.1. The van der Waals surface area contributed by atoms with E-state index in [2.05, 4.69) is 44.1 Å². The van der Waals surface area contributed by atoms with E-state index in [4.69, 9.17) is 13.3 Å². The first-order valence-corrected chi connectivity index (χ1v) is 16.4. The van der Waals surface area contributed by atoms with E-state index >= 15 is 0 Å². The van der Waals surface area contributed by atoms with Crippen molar-refractivity contribution >= 4 is 17.0 Å². The van der Waals surface area contributed by atoms with Crippen LogP contribution in [-0.2, 0) is 13.3 Å². The summed E-state index contributed by atoms with van der Waals surface area (Å²) in [5.41, 5.74) is 0. The minimum atomic E-state index is -2.53. The Bertz CT molecular complexity index is 342. The summed E-state index contributed by atoms with van der Waals surface area (Å²) in [6.45, 7) is 25.6. The Morgan fingerprint density at radius 3 is 1.43 bits per heavy atom. The molecular weight excluding hydrogens is 384 g/mol. The van der Waals surface area contributed by atoms with Crippen molar-refractivity contribution < 1.29 is 13.3 Å². The molecule has 0 atom stereocenters. The number of nitrogens with zero attached hydrogens (tertiary/aromatic N) is 2. The number of hydrogen-bond acceptors (Lipinski definition) is 5. The van der Waals surface area contributed by atoms with Gasteiger partial charge >= 0.3 is 8.80 Å². The lowest BCUT2D eigenvalue weighted by Crippen LogP contribution is -2.55. The van der Waals surface area contributed by atoms with E-state index in [0.29, 0.717) is 19.8 Å². The van der Waals surface area contributed by atoms with Crippen LogP contribution in [0, 0.1) is 0 Å². The highest BCUT2D eigenvalue weighted by Crippen LogP contribution is 2.27. The average molecular weight is 435 g/mol. The molecule has 0 aliphatic heterocycles. The molecule has 0 amide bonds. The van der Waals surface area contributed by atoms with Crippen LogP contribution in [0.25, 0.3) is 0 Å². The van der Waals surface area contributed by atoms with Crippen LogP contribution >= 0.6 is 0 Å². The molecule has 0 aromatic rings. The lowest BCUT2D eigenvalue weighted by Gasteiger charge is -2.42. The predicted octanol–water partition coefficient (Wildman–Crippen LogP) is 5.07. The zero-order valence-electron chi connectivity index (χ0n) is 20.3. The summed E-state index contributed by atoms with van der Waals surface area (Å²) in [5.74, 6) is 0. The van der Waals surface area contributed by atoms with Crippen LogP contribution in [0.5, 0.6) is 0 Å². The molecule has 0 heterocycles. The van der Waals surface area contributed by atoms with Gasteiger partial charge in [-0.1, -0.05) is 34.6 Å². The lowest BCUT2D eigenvalue weighted by molar-refractivity contribution is 0.0703. The molecule has 0 unspecified atom stereocenters. The van der Waals surface area contributed by atoms with Crippen LogP contribution in [-0.4, -0.2) is 79.0 Å². The van der Waals surface area contributed by atoms with Crippen molar-refractivity contribution in [1.29, 1.82) is 0 Å². The van der Waals surface area contributed by atoms with E-state index in [1.165, 1.54) is 31.2 Å². The molecule has 0 N–H and O–H groups in total. The minimum Gasteiger partial charge on any atom is -0.374 e. The predicted molar refractivity (Wildman–Crippen MR) is 127 cm³/mol. The zero-order chi connectivity index (χ0) is 21.5. The maximum atomic E-state index is 6.07. The first-order chi connectivity index (χ1) is 13.5. The van der Waals surface area contributed by atoms with E-state index in [1.807, 2.05) is 20.8 Å². The van der Waals surface area contributed by atoms with Gasteiger partial charge in [-0.3, -0.25) is 0 Å². The van der Waals surface area contributed by atoms with Crippen LogP contribution < -0.4 is 0 Å². The maximum absolute atomic E-state index is 6.07. The van der Waals surface area contributed by atoms with Gasteiger partial charge in [0.25, 0.3) is 0 Å². The van der Waals surface area contributed by atoms with Gasteiger partial charge in [-0.25, -0.2) is 0 Å². The van der Waals surface area contributed by atoms with Crippen LogP contribution in [0.4, 0.5) is 0 Å². The standard InChI is InChI=1S/C21H50N2O3Si2/c1-9-22(10-2)19-20-23(27(14-6,15-7)16-8)18-17-21-28(24-11-3,25-12-4)26-13-5/h9-21H2,1-8H3.